The van der Waals surface area contributed by atoms with Crippen molar-refractivity contribution in [1.29, 1.82) is 0 Å². The Labute approximate surface area is 176 Å². The zero-order valence-corrected chi connectivity index (χ0v) is 18.5. The van der Waals surface area contributed by atoms with E-state index in [0.717, 1.165) is 69.9 Å². The van der Waals surface area contributed by atoms with Gasteiger partial charge in [-0.2, -0.15) is 0 Å². The van der Waals surface area contributed by atoms with Crippen molar-refractivity contribution in [3.8, 4) is 0 Å². The van der Waals surface area contributed by atoms with Crippen LogP contribution in [0.1, 0.15) is 46.3 Å². The average molecular weight is 418 g/mol. The third kappa shape index (κ3) is 4.51. The van der Waals surface area contributed by atoms with E-state index in [9.17, 15) is 4.79 Å². The minimum atomic E-state index is -0.110. The molecule has 0 bridgehead atoms. The van der Waals surface area contributed by atoms with E-state index in [0.29, 0.717) is 12.4 Å². The van der Waals surface area contributed by atoms with E-state index in [1.807, 2.05) is 19.6 Å². The van der Waals surface area contributed by atoms with Crippen LogP contribution in [0.15, 0.2) is 5.51 Å². The molecule has 1 N–H and O–H groups in total. The van der Waals surface area contributed by atoms with Crippen molar-refractivity contribution in [3.05, 3.63) is 27.7 Å². The summed E-state index contributed by atoms with van der Waals surface area (Å²) in [7, 11) is 4.00. The van der Waals surface area contributed by atoms with E-state index in [1.54, 1.807) is 11.3 Å². The Morgan fingerprint density at radius 2 is 2.07 bits per heavy atom. The monoisotopic (exact) mass is 417 g/mol. The van der Waals surface area contributed by atoms with Gasteiger partial charge in [-0.3, -0.25) is 9.69 Å². The van der Waals surface area contributed by atoms with Crippen molar-refractivity contribution >= 4 is 17.2 Å². The standard InChI is InChI=1S/C20H31N7OS/c1-15-16(29-14-22-15)12-26-9-6-20(7-10-26)5-4-17-23-24-18(27(17)13-20)19(28)21-8-11-25(2)3/h14H,4-13H2,1-3H3,(H,21,28). The lowest BCUT2D eigenvalue weighted by Gasteiger charge is -2.44. The highest BCUT2D eigenvalue weighted by Crippen LogP contribution is 2.41. The van der Waals surface area contributed by atoms with Gasteiger partial charge in [-0.05, 0) is 58.8 Å². The van der Waals surface area contributed by atoms with E-state index in [1.165, 1.54) is 4.88 Å². The number of likely N-dealkylation sites (tertiary alicyclic amines) is 1. The van der Waals surface area contributed by atoms with Crippen molar-refractivity contribution in [2.24, 2.45) is 5.41 Å². The number of aryl methyl sites for hydroxylation is 2. The third-order valence-corrected chi connectivity index (χ3v) is 7.30. The molecular weight excluding hydrogens is 386 g/mol. The molecule has 9 heteroatoms. The fourth-order valence-corrected chi connectivity index (χ4v) is 5.21. The normalized spacial score (nSPS) is 18.9. The van der Waals surface area contributed by atoms with Gasteiger partial charge in [-0.25, -0.2) is 4.98 Å². The average Bonchev–Trinajstić information content (AvgIpc) is 3.29. The molecule has 1 amide bonds. The molecule has 158 valence electrons. The molecule has 0 aliphatic carbocycles. The van der Waals surface area contributed by atoms with Crippen LogP contribution in [0.3, 0.4) is 0 Å². The van der Waals surface area contributed by atoms with E-state index in [2.05, 4.69) is 41.8 Å². The summed E-state index contributed by atoms with van der Waals surface area (Å²) in [5.74, 6) is 1.32. The number of aromatic nitrogens is 4. The maximum Gasteiger partial charge on any atom is 0.289 e. The summed E-state index contributed by atoms with van der Waals surface area (Å²) in [5.41, 5.74) is 3.36. The molecule has 2 aromatic rings. The van der Waals surface area contributed by atoms with Crippen LogP contribution in [-0.4, -0.2) is 75.7 Å². The van der Waals surface area contributed by atoms with E-state index < -0.39 is 0 Å². The number of carbonyl (C=O) groups excluding carboxylic acids is 1. The Morgan fingerprint density at radius 1 is 1.28 bits per heavy atom. The second-order valence-corrected chi connectivity index (χ2v) is 9.66. The van der Waals surface area contributed by atoms with Gasteiger partial charge in [0, 0.05) is 37.5 Å². The summed E-state index contributed by atoms with van der Waals surface area (Å²) in [5, 5.41) is 11.5. The Bertz CT molecular complexity index is 851. The molecule has 4 rings (SSSR count). The van der Waals surface area contributed by atoms with Gasteiger partial charge in [0.2, 0.25) is 5.82 Å². The van der Waals surface area contributed by atoms with E-state index in [4.69, 9.17) is 0 Å². The number of nitrogens with zero attached hydrogens (tertiary/aromatic N) is 6. The van der Waals surface area contributed by atoms with Crippen molar-refractivity contribution in [2.75, 3.05) is 40.3 Å². The zero-order chi connectivity index (χ0) is 20.4. The number of piperidine rings is 1. The smallest absolute Gasteiger partial charge is 0.289 e. The van der Waals surface area contributed by atoms with Crippen LogP contribution in [0.4, 0.5) is 0 Å². The fraction of sp³-hybridized carbons (Fsp3) is 0.700. The molecule has 1 saturated heterocycles. The van der Waals surface area contributed by atoms with Gasteiger partial charge in [0.1, 0.15) is 5.82 Å². The Morgan fingerprint density at radius 3 is 2.76 bits per heavy atom. The predicted molar refractivity (Wildman–Crippen MR) is 113 cm³/mol. The summed E-state index contributed by atoms with van der Waals surface area (Å²) in [6.45, 7) is 7.58. The minimum absolute atomic E-state index is 0.110. The Kier molecular flexibility index (Phi) is 5.98. The second kappa shape index (κ2) is 8.49. The van der Waals surface area contributed by atoms with Gasteiger partial charge in [-0.15, -0.1) is 21.5 Å². The summed E-state index contributed by atoms with van der Waals surface area (Å²) in [4.78, 5) is 23.0. The largest absolute Gasteiger partial charge is 0.348 e. The molecule has 2 aliphatic rings. The van der Waals surface area contributed by atoms with Gasteiger partial charge in [0.05, 0.1) is 11.2 Å². The lowest BCUT2D eigenvalue weighted by molar-refractivity contribution is 0.0621. The minimum Gasteiger partial charge on any atom is -0.348 e. The van der Waals surface area contributed by atoms with Crippen molar-refractivity contribution in [2.45, 2.75) is 45.7 Å². The lowest BCUT2D eigenvalue weighted by Crippen LogP contribution is -2.45. The van der Waals surface area contributed by atoms with Gasteiger partial charge in [0.25, 0.3) is 5.91 Å². The zero-order valence-electron chi connectivity index (χ0n) is 17.6. The number of hydrogen-bond acceptors (Lipinski definition) is 7. The molecule has 1 fully saturated rings. The molecular formula is C20H31N7OS. The molecule has 0 radical (unpaired) electrons. The maximum absolute atomic E-state index is 12.6. The Hall–Kier alpha value is -1.84. The quantitative estimate of drug-likeness (QED) is 0.769. The first-order valence-electron chi connectivity index (χ1n) is 10.4. The molecule has 4 heterocycles. The van der Waals surface area contributed by atoms with Crippen LogP contribution >= 0.6 is 11.3 Å². The number of likely N-dealkylation sites (N-methyl/N-ethyl adjacent to an activating group) is 1. The van der Waals surface area contributed by atoms with Crippen molar-refractivity contribution < 1.29 is 4.79 Å². The summed E-state index contributed by atoms with van der Waals surface area (Å²) < 4.78 is 2.08. The van der Waals surface area contributed by atoms with Crippen LogP contribution < -0.4 is 5.32 Å². The Balaban J connectivity index is 1.38. The molecule has 1 spiro atoms. The molecule has 2 aromatic heterocycles. The summed E-state index contributed by atoms with van der Waals surface area (Å²) >= 11 is 1.75. The second-order valence-electron chi connectivity index (χ2n) is 8.72. The lowest BCUT2D eigenvalue weighted by atomic mass is 9.73. The van der Waals surface area contributed by atoms with E-state index in [-0.39, 0.29) is 11.3 Å². The summed E-state index contributed by atoms with van der Waals surface area (Å²) in [6, 6.07) is 0. The first-order valence-corrected chi connectivity index (χ1v) is 11.3. The van der Waals surface area contributed by atoms with E-state index >= 15 is 0 Å². The molecule has 8 nitrogen and oxygen atoms in total. The molecule has 29 heavy (non-hydrogen) atoms. The summed E-state index contributed by atoms with van der Waals surface area (Å²) in [6.07, 6.45) is 4.36. The number of rotatable bonds is 6. The van der Waals surface area contributed by atoms with Crippen LogP contribution in [0, 0.1) is 12.3 Å². The van der Waals surface area contributed by atoms with Crippen molar-refractivity contribution in [3.63, 3.8) is 0 Å². The molecule has 0 aromatic carbocycles. The molecule has 0 atom stereocenters. The first-order chi connectivity index (χ1) is 14.0. The number of hydrogen-bond donors (Lipinski definition) is 1. The highest BCUT2D eigenvalue weighted by molar-refractivity contribution is 7.09. The van der Waals surface area contributed by atoms with Gasteiger partial charge in [-0.1, -0.05) is 0 Å². The first kappa shape index (κ1) is 20.4. The predicted octanol–water partition coefficient (Wildman–Crippen LogP) is 1.56. The highest BCUT2D eigenvalue weighted by atomic mass is 32.1. The van der Waals surface area contributed by atoms with Crippen LogP contribution in [0.2, 0.25) is 0 Å². The van der Waals surface area contributed by atoms with Gasteiger partial charge >= 0.3 is 0 Å². The van der Waals surface area contributed by atoms with Crippen LogP contribution in [-0.2, 0) is 19.5 Å². The van der Waals surface area contributed by atoms with Gasteiger partial charge in [0.15, 0.2) is 0 Å². The van der Waals surface area contributed by atoms with Crippen LogP contribution in [0.25, 0.3) is 0 Å². The highest BCUT2D eigenvalue weighted by Gasteiger charge is 2.39. The SMILES string of the molecule is Cc1ncsc1CN1CCC2(CCc3nnc(C(=O)NCCN(C)C)n3C2)CC1. The van der Waals surface area contributed by atoms with Gasteiger partial charge < -0.3 is 14.8 Å². The molecule has 0 saturated carbocycles. The van der Waals surface area contributed by atoms with Crippen molar-refractivity contribution in [1.82, 2.24) is 34.9 Å². The number of fused-ring (bicyclic) bond motifs is 1. The number of carbonyl (C=O) groups is 1. The number of thiazole rings is 1. The number of amides is 1. The molecule has 2 aliphatic heterocycles. The third-order valence-electron chi connectivity index (χ3n) is 6.38. The fourth-order valence-electron chi connectivity index (χ4n) is 4.39. The topological polar surface area (TPSA) is 79.2 Å². The number of nitrogens with one attached hydrogen (secondary N) is 1. The van der Waals surface area contributed by atoms with Crippen LogP contribution in [0.5, 0.6) is 0 Å². The molecule has 0 unspecified atom stereocenters. The maximum atomic E-state index is 12.6.